The first-order valence-corrected chi connectivity index (χ1v) is 9.52. The summed E-state index contributed by atoms with van der Waals surface area (Å²) in [6, 6.07) is 7.68. The molecule has 0 atom stereocenters. The van der Waals surface area contributed by atoms with Crippen LogP contribution in [-0.4, -0.2) is 35.9 Å². The number of hydrogen-bond acceptors (Lipinski definition) is 5. The standard InChI is InChI=1S/C22H21N5O3/c1-12-7-5-6-8-17(12)27-21-16(9-24-27)22(30)26(11-23-21)10-18(29)20-13(2)19(15(4)28)14(3)25-20/h5-9,11,25H,10H2,1-4H3. The monoisotopic (exact) mass is 403 g/mol. The van der Waals surface area contributed by atoms with Gasteiger partial charge in [-0.2, -0.15) is 5.10 Å². The van der Waals surface area contributed by atoms with E-state index < -0.39 is 0 Å². The molecule has 0 aliphatic rings. The fourth-order valence-corrected chi connectivity index (χ4v) is 3.83. The SMILES string of the molecule is CC(=O)c1c(C)[nH]c(C(=O)Cn2cnc3c(cnn3-c3ccccc3C)c2=O)c1C. The number of carbonyl (C=O) groups excluding carboxylic acids is 2. The van der Waals surface area contributed by atoms with Gasteiger partial charge in [0.1, 0.15) is 11.7 Å². The fourth-order valence-electron chi connectivity index (χ4n) is 3.83. The first-order valence-electron chi connectivity index (χ1n) is 9.52. The van der Waals surface area contributed by atoms with E-state index in [0.29, 0.717) is 33.5 Å². The molecule has 0 unspecified atom stereocenters. The van der Waals surface area contributed by atoms with E-state index in [1.165, 1.54) is 24.0 Å². The normalized spacial score (nSPS) is 11.2. The maximum absolute atomic E-state index is 12.9. The van der Waals surface area contributed by atoms with Crippen LogP contribution in [0.3, 0.4) is 0 Å². The molecule has 0 radical (unpaired) electrons. The summed E-state index contributed by atoms with van der Waals surface area (Å²) in [5, 5.41) is 4.66. The first-order chi connectivity index (χ1) is 14.3. The lowest BCUT2D eigenvalue weighted by Gasteiger charge is -2.08. The molecule has 3 heterocycles. The van der Waals surface area contributed by atoms with Crippen molar-refractivity contribution in [3.63, 3.8) is 0 Å². The molecule has 0 aliphatic heterocycles. The number of aryl methyl sites for hydroxylation is 2. The van der Waals surface area contributed by atoms with E-state index in [2.05, 4.69) is 15.1 Å². The van der Waals surface area contributed by atoms with Crippen LogP contribution in [0.2, 0.25) is 0 Å². The van der Waals surface area contributed by atoms with E-state index in [1.807, 2.05) is 31.2 Å². The Labute approximate surface area is 172 Å². The number of hydrogen-bond donors (Lipinski definition) is 1. The minimum atomic E-state index is -0.346. The van der Waals surface area contributed by atoms with Crippen LogP contribution in [0.4, 0.5) is 0 Å². The first kappa shape index (κ1) is 19.5. The second kappa shape index (κ2) is 7.22. The number of aromatic amines is 1. The molecule has 4 rings (SSSR count). The summed E-state index contributed by atoms with van der Waals surface area (Å²) in [7, 11) is 0. The zero-order valence-electron chi connectivity index (χ0n) is 17.2. The highest BCUT2D eigenvalue weighted by atomic mass is 16.1. The summed E-state index contributed by atoms with van der Waals surface area (Å²) in [6.45, 7) is 6.71. The van der Waals surface area contributed by atoms with Crippen molar-refractivity contribution in [1.29, 1.82) is 0 Å². The Morgan fingerprint density at radius 1 is 1.13 bits per heavy atom. The molecule has 8 heteroatoms. The Hall–Kier alpha value is -3.81. The van der Waals surface area contributed by atoms with E-state index in [4.69, 9.17) is 0 Å². The lowest BCUT2D eigenvalue weighted by atomic mass is 10.1. The number of para-hydroxylation sites is 1. The van der Waals surface area contributed by atoms with Crippen LogP contribution < -0.4 is 5.56 Å². The van der Waals surface area contributed by atoms with Crippen LogP contribution >= 0.6 is 0 Å². The molecule has 4 aromatic rings. The third-order valence-electron chi connectivity index (χ3n) is 5.28. The van der Waals surface area contributed by atoms with Gasteiger partial charge >= 0.3 is 0 Å². The second-order valence-corrected chi connectivity index (χ2v) is 7.36. The minimum absolute atomic E-state index is 0.107. The van der Waals surface area contributed by atoms with Gasteiger partial charge in [-0.25, -0.2) is 9.67 Å². The van der Waals surface area contributed by atoms with Crippen molar-refractivity contribution in [2.75, 3.05) is 0 Å². The van der Waals surface area contributed by atoms with Crippen molar-refractivity contribution >= 4 is 22.6 Å². The molecule has 152 valence electrons. The van der Waals surface area contributed by atoms with Crippen molar-refractivity contribution in [2.45, 2.75) is 34.2 Å². The molecular weight excluding hydrogens is 382 g/mol. The van der Waals surface area contributed by atoms with Gasteiger partial charge in [-0.3, -0.25) is 19.0 Å². The number of aromatic nitrogens is 5. The van der Waals surface area contributed by atoms with Gasteiger partial charge in [0, 0.05) is 11.3 Å². The van der Waals surface area contributed by atoms with Gasteiger partial charge < -0.3 is 4.98 Å². The molecule has 0 amide bonds. The molecular formula is C22H21N5O3. The van der Waals surface area contributed by atoms with Gasteiger partial charge in [0.25, 0.3) is 5.56 Å². The van der Waals surface area contributed by atoms with E-state index in [9.17, 15) is 14.4 Å². The van der Waals surface area contributed by atoms with Crippen LogP contribution in [0, 0.1) is 20.8 Å². The average Bonchev–Trinajstić information content (AvgIpc) is 3.25. The number of nitrogens with zero attached hydrogens (tertiary/aromatic N) is 4. The number of nitrogens with one attached hydrogen (secondary N) is 1. The van der Waals surface area contributed by atoms with Crippen molar-refractivity contribution in [1.82, 2.24) is 24.3 Å². The lowest BCUT2D eigenvalue weighted by Crippen LogP contribution is -2.25. The van der Waals surface area contributed by atoms with Gasteiger partial charge in [0.2, 0.25) is 0 Å². The molecule has 30 heavy (non-hydrogen) atoms. The second-order valence-electron chi connectivity index (χ2n) is 7.36. The molecule has 3 aromatic heterocycles. The van der Waals surface area contributed by atoms with Gasteiger partial charge in [-0.05, 0) is 44.9 Å². The summed E-state index contributed by atoms with van der Waals surface area (Å²) >= 11 is 0. The van der Waals surface area contributed by atoms with E-state index in [-0.39, 0.29) is 23.7 Å². The molecule has 1 aromatic carbocycles. The lowest BCUT2D eigenvalue weighted by molar-refractivity contribution is 0.0965. The zero-order valence-corrected chi connectivity index (χ0v) is 17.2. The number of carbonyl (C=O) groups is 2. The van der Waals surface area contributed by atoms with Crippen LogP contribution in [0.25, 0.3) is 16.7 Å². The highest BCUT2D eigenvalue weighted by molar-refractivity contribution is 6.03. The van der Waals surface area contributed by atoms with Crippen molar-refractivity contribution in [3.8, 4) is 5.69 Å². The average molecular weight is 403 g/mol. The van der Waals surface area contributed by atoms with Crippen molar-refractivity contribution in [2.24, 2.45) is 0 Å². The molecule has 8 nitrogen and oxygen atoms in total. The van der Waals surface area contributed by atoms with Gasteiger partial charge in [-0.15, -0.1) is 0 Å². The molecule has 0 fully saturated rings. The Bertz CT molecular complexity index is 1370. The Morgan fingerprint density at radius 2 is 1.87 bits per heavy atom. The Balaban J connectivity index is 1.72. The number of Topliss-reactive ketones (excluding diaryl/α,β-unsaturated/α-hetero) is 2. The number of H-pyrrole nitrogens is 1. The molecule has 0 bridgehead atoms. The summed E-state index contributed by atoms with van der Waals surface area (Å²) < 4.78 is 2.88. The number of rotatable bonds is 5. The van der Waals surface area contributed by atoms with Crippen LogP contribution in [0.1, 0.15) is 44.6 Å². The van der Waals surface area contributed by atoms with Gasteiger partial charge in [-0.1, -0.05) is 18.2 Å². The third-order valence-corrected chi connectivity index (χ3v) is 5.28. The van der Waals surface area contributed by atoms with Gasteiger partial charge in [0.05, 0.1) is 24.1 Å². The summed E-state index contributed by atoms with van der Waals surface area (Å²) in [5.41, 5.74) is 4.01. The maximum Gasteiger partial charge on any atom is 0.264 e. The Kier molecular flexibility index (Phi) is 4.69. The van der Waals surface area contributed by atoms with E-state index in [0.717, 1.165) is 11.3 Å². The van der Waals surface area contributed by atoms with Gasteiger partial charge in [0.15, 0.2) is 17.2 Å². The smallest absolute Gasteiger partial charge is 0.264 e. The number of fused-ring (bicyclic) bond motifs is 1. The van der Waals surface area contributed by atoms with Crippen molar-refractivity contribution in [3.05, 3.63) is 75.2 Å². The van der Waals surface area contributed by atoms with Crippen LogP contribution in [0.5, 0.6) is 0 Å². The third kappa shape index (κ3) is 3.06. The predicted molar refractivity (Wildman–Crippen MR) is 112 cm³/mol. The molecule has 0 saturated heterocycles. The number of benzene rings is 1. The van der Waals surface area contributed by atoms with E-state index in [1.54, 1.807) is 18.5 Å². The highest BCUT2D eigenvalue weighted by Crippen LogP contribution is 2.20. The topological polar surface area (TPSA) is 103 Å². The quantitative estimate of drug-likeness (QED) is 0.516. The Morgan fingerprint density at radius 3 is 2.53 bits per heavy atom. The highest BCUT2D eigenvalue weighted by Gasteiger charge is 2.21. The van der Waals surface area contributed by atoms with Crippen molar-refractivity contribution < 1.29 is 9.59 Å². The summed E-state index contributed by atoms with van der Waals surface area (Å²) in [5.74, 6) is -0.401. The molecule has 1 N–H and O–H groups in total. The zero-order chi connectivity index (χ0) is 21.6. The minimum Gasteiger partial charge on any atom is -0.355 e. The molecule has 0 aliphatic carbocycles. The predicted octanol–water partition coefficient (Wildman–Crippen LogP) is 2.92. The summed E-state index contributed by atoms with van der Waals surface area (Å²) in [4.78, 5) is 45.0. The maximum atomic E-state index is 12.9. The number of ketones is 2. The fraction of sp³-hybridized carbons (Fsp3) is 0.227. The molecule has 0 saturated carbocycles. The van der Waals surface area contributed by atoms with E-state index >= 15 is 0 Å². The van der Waals surface area contributed by atoms with Crippen LogP contribution in [0.15, 0.2) is 41.6 Å². The largest absolute Gasteiger partial charge is 0.355 e. The molecule has 0 spiro atoms. The van der Waals surface area contributed by atoms with Crippen LogP contribution in [-0.2, 0) is 6.54 Å². The summed E-state index contributed by atoms with van der Waals surface area (Å²) in [6.07, 6.45) is 2.83.